The number of halogens is 1. The van der Waals surface area contributed by atoms with Crippen LogP contribution in [0.3, 0.4) is 0 Å². The van der Waals surface area contributed by atoms with Gasteiger partial charge in [-0.1, -0.05) is 0 Å². The number of fused-ring (bicyclic) bond motifs is 1. The fraction of sp³-hybridized carbons (Fsp3) is 0.111. The van der Waals surface area contributed by atoms with Crippen LogP contribution in [0.15, 0.2) is 16.6 Å². The third kappa shape index (κ3) is 1.34. The minimum absolute atomic E-state index is 0.441. The Morgan fingerprint density at radius 2 is 2.36 bits per heavy atom. The number of ether oxygens (including phenoxy) is 1. The second-order valence-electron chi connectivity index (χ2n) is 2.71. The average Bonchev–Trinajstić information content (AvgIpc) is 2.61. The molecule has 0 fully saturated rings. The standard InChI is InChI=1S/C9H6BrN3O/c1-14-9-12-7-3-5(4-11)2-6(10)8(7)13-9/h2-3H,1H3,(H,12,13). The van der Waals surface area contributed by atoms with Crippen molar-refractivity contribution < 1.29 is 4.74 Å². The minimum atomic E-state index is 0.441. The van der Waals surface area contributed by atoms with E-state index < -0.39 is 0 Å². The molecule has 0 saturated heterocycles. The number of nitrogens with zero attached hydrogens (tertiary/aromatic N) is 2. The van der Waals surface area contributed by atoms with Crippen LogP contribution >= 0.6 is 15.9 Å². The SMILES string of the molecule is COc1nc2c(Br)cc(C#N)cc2[nH]1. The van der Waals surface area contributed by atoms with Crippen LogP contribution in [0.1, 0.15) is 5.56 Å². The highest BCUT2D eigenvalue weighted by Crippen LogP contribution is 2.25. The molecule has 2 aromatic rings. The molecule has 1 N–H and O–H groups in total. The zero-order chi connectivity index (χ0) is 10.1. The van der Waals surface area contributed by atoms with Gasteiger partial charge < -0.3 is 9.72 Å². The Bertz CT molecular complexity index is 527. The molecule has 0 amide bonds. The number of nitriles is 1. The smallest absolute Gasteiger partial charge is 0.294 e. The summed E-state index contributed by atoms with van der Waals surface area (Å²) in [6.45, 7) is 0. The predicted molar refractivity (Wildman–Crippen MR) is 55.1 cm³/mol. The van der Waals surface area contributed by atoms with E-state index in [2.05, 4.69) is 32.0 Å². The molecule has 0 aliphatic heterocycles. The fourth-order valence-electron chi connectivity index (χ4n) is 1.21. The van der Waals surface area contributed by atoms with E-state index in [1.165, 1.54) is 7.11 Å². The summed E-state index contributed by atoms with van der Waals surface area (Å²) in [5, 5.41) is 8.75. The van der Waals surface area contributed by atoms with Crippen molar-refractivity contribution in [3.8, 4) is 12.1 Å². The second-order valence-corrected chi connectivity index (χ2v) is 3.57. The molecule has 0 aliphatic rings. The van der Waals surface area contributed by atoms with Crippen molar-refractivity contribution >= 4 is 27.0 Å². The van der Waals surface area contributed by atoms with Gasteiger partial charge in [0, 0.05) is 4.47 Å². The van der Waals surface area contributed by atoms with E-state index in [4.69, 9.17) is 10.00 Å². The number of methoxy groups -OCH3 is 1. The Morgan fingerprint density at radius 1 is 1.57 bits per heavy atom. The first kappa shape index (κ1) is 9.03. The van der Waals surface area contributed by atoms with Gasteiger partial charge in [-0.2, -0.15) is 10.2 Å². The van der Waals surface area contributed by atoms with Crippen LogP contribution in [-0.4, -0.2) is 17.1 Å². The lowest BCUT2D eigenvalue weighted by Gasteiger charge is -1.92. The summed E-state index contributed by atoms with van der Waals surface area (Å²) < 4.78 is 5.74. The van der Waals surface area contributed by atoms with E-state index in [1.807, 2.05) is 0 Å². The first-order valence-corrected chi connectivity index (χ1v) is 4.67. The van der Waals surface area contributed by atoms with Gasteiger partial charge in [-0.05, 0) is 28.1 Å². The summed E-state index contributed by atoms with van der Waals surface area (Å²) in [5.74, 6) is 0. The molecule has 0 radical (unpaired) electrons. The Morgan fingerprint density at radius 3 is 3.00 bits per heavy atom. The van der Waals surface area contributed by atoms with Crippen LogP contribution in [0.25, 0.3) is 11.0 Å². The van der Waals surface area contributed by atoms with Gasteiger partial charge in [-0.25, -0.2) is 0 Å². The van der Waals surface area contributed by atoms with Gasteiger partial charge in [0.05, 0.1) is 24.3 Å². The molecule has 1 heterocycles. The Labute approximate surface area is 88.6 Å². The first-order valence-electron chi connectivity index (χ1n) is 3.88. The monoisotopic (exact) mass is 251 g/mol. The third-order valence-electron chi connectivity index (χ3n) is 1.84. The number of hydrogen-bond donors (Lipinski definition) is 1. The van der Waals surface area contributed by atoms with Crippen LogP contribution in [0, 0.1) is 11.3 Å². The van der Waals surface area contributed by atoms with Crippen LogP contribution in [0.2, 0.25) is 0 Å². The second kappa shape index (κ2) is 3.31. The molecule has 0 bridgehead atoms. The minimum Gasteiger partial charge on any atom is -0.468 e. The molecule has 1 aromatic carbocycles. The van der Waals surface area contributed by atoms with E-state index in [0.29, 0.717) is 11.6 Å². The fourth-order valence-corrected chi connectivity index (χ4v) is 1.76. The number of hydrogen-bond acceptors (Lipinski definition) is 3. The number of imidazole rings is 1. The lowest BCUT2D eigenvalue weighted by molar-refractivity contribution is 0.386. The third-order valence-corrected chi connectivity index (χ3v) is 2.45. The van der Waals surface area contributed by atoms with E-state index in [-0.39, 0.29) is 0 Å². The van der Waals surface area contributed by atoms with Crippen molar-refractivity contribution in [2.45, 2.75) is 0 Å². The van der Waals surface area contributed by atoms with Crippen LogP contribution in [0.5, 0.6) is 6.01 Å². The number of nitrogens with one attached hydrogen (secondary N) is 1. The number of rotatable bonds is 1. The molecule has 0 spiro atoms. The maximum absolute atomic E-state index is 8.75. The summed E-state index contributed by atoms with van der Waals surface area (Å²) >= 11 is 3.34. The van der Waals surface area contributed by atoms with E-state index in [9.17, 15) is 0 Å². The molecular weight excluding hydrogens is 246 g/mol. The summed E-state index contributed by atoms with van der Waals surface area (Å²) in [6.07, 6.45) is 0. The molecule has 70 valence electrons. The van der Waals surface area contributed by atoms with Gasteiger partial charge in [0.2, 0.25) is 0 Å². The lowest BCUT2D eigenvalue weighted by atomic mass is 10.2. The maximum Gasteiger partial charge on any atom is 0.294 e. The highest BCUT2D eigenvalue weighted by Gasteiger charge is 2.07. The molecule has 14 heavy (non-hydrogen) atoms. The molecule has 4 nitrogen and oxygen atoms in total. The number of benzene rings is 1. The normalized spacial score (nSPS) is 10.1. The van der Waals surface area contributed by atoms with Gasteiger partial charge >= 0.3 is 0 Å². The van der Waals surface area contributed by atoms with Crippen molar-refractivity contribution in [2.24, 2.45) is 0 Å². The Balaban J connectivity index is 2.75. The number of aromatic nitrogens is 2. The van der Waals surface area contributed by atoms with Crippen molar-refractivity contribution in [3.05, 3.63) is 22.2 Å². The molecule has 0 saturated carbocycles. The van der Waals surface area contributed by atoms with Gasteiger partial charge in [-0.15, -0.1) is 0 Å². The number of H-pyrrole nitrogens is 1. The first-order chi connectivity index (χ1) is 6.74. The van der Waals surface area contributed by atoms with Gasteiger partial charge in [0.25, 0.3) is 6.01 Å². The van der Waals surface area contributed by atoms with Gasteiger partial charge in [0.1, 0.15) is 5.52 Å². The van der Waals surface area contributed by atoms with Crippen molar-refractivity contribution in [1.82, 2.24) is 9.97 Å². The summed E-state index contributed by atoms with van der Waals surface area (Å²) in [7, 11) is 1.54. The quantitative estimate of drug-likeness (QED) is 0.846. The topological polar surface area (TPSA) is 61.7 Å². The molecule has 2 rings (SSSR count). The Hall–Kier alpha value is -1.54. The molecule has 5 heteroatoms. The van der Waals surface area contributed by atoms with Crippen LogP contribution < -0.4 is 4.74 Å². The zero-order valence-electron chi connectivity index (χ0n) is 7.34. The number of aromatic amines is 1. The largest absolute Gasteiger partial charge is 0.468 e. The van der Waals surface area contributed by atoms with E-state index in [1.54, 1.807) is 12.1 Å². The molecule has 0 atom stereocenters. The molecule has 1 aromatic heterocycles. The summed E-state index contributed by atoms with van der Waals surface area (Å²) in [6, 6.07) is 5.97. The zero-order valence-corrected chi connectivity index (χ0v) is 8.92. The maximum atomic E-state index is 8.75. The average molecular weight is 252 g/mol. The summed E-state index contributed by atoms with van der Waals surface area (Å²) in [4.78, 5) is 7.12. The van der Waals surface area contributed by atoms with Crippen LogP contribution in [0.4, 0.5) is 0 Å². The van der Waals surface area contributed by atoms with Crippen molar-refractivity contribution in [1.29, 1.82) is 5.26 Å². The van der Waals surface area contributed by atoms with E-state index >= 15 is 0 Å². The highest BCUT2D eigenvalue weighted by molar-refractivity contribution is 9.10. The van der Waals surface area contributed by atoms with Crippen molar-refractivity contribution in [2.75, 3.05) is 7.11 Å². The summed E-state index contributed by atoms with van der Waals surface area (Å²) in [5.41, 5.74) is 2.13. The lowest BCUT2D eigenvalue weighted by Crippen LogP contribution is -1.82. The predicted octanol–water partition coefficient (Wildman–Crippen LogP) is 2.21. The van der Waals surface area contributed by atoms with Gasteiger partial charge in [0.15, 0.2) is 0 Å². The van der Waals surface area contributed by atoms with Crippen molar-refractivity contribution in [3.63, 3.8) is 0 Å². The Kier molecular flexibility index (Phi) is 2.14. The highest BCUT2D eigenvalue weighted by atomic mass is 79.9. The molecule has 0 unspecified atom stereocenters. The van der Waals surface area contributed by atoms with E-state index in [0.717, 1.165) is 15.5 Å². The van der Waals surface area contributed by atoms with Crippen LogP contribution in [-0.2, 0) is 0 Å². The molecular formula is C9H6BrN3O. The van der Waals surface area contributed by atoms with Gasteiger partial charge in [-0.3, -0.25) is 0 Å². The molecule has 0 aliphatic carbocycles.